The first kappa shape index (κ1) is 20.5. The van der Waals surface area contributed by atoms with E-state index in [-0.39, 0.29) is 24.6 Å². The lowest BCUT2D eigenvalue weighted by Crippen LogP contribution is -2.41. The van der Waals surface area contributed by atoms with E-state index in [1.807, 2.05) is 0 Å². The Morgan fingerprint density at radius 3 is 2.22 bits per heavy atom. The Balaban J connectivity index is 1.78. The van der Waals surface area contributed by atoms with Gasteiger partial charge in [0.15, 0.2) is 6.61 Å². The topological polar surface area (TPSA) is 94.2 Å². The highest BCUT2D eigenvalue weighted by atomic mass is 16.5. The molecule has 27 heavy (non-hydrogen) atoms. The van der Waals surface area contributed by atoms with E-state index in [4.69, 9.17) is 14.2 Å². The molecule has 0 aliphatic carbocycles. The largest absolute Gasteiger partial charge is 0.497 e. The molecule has 0 unspecified atom stereocenters. The maximum Gasteiger partial charge on any atom is 0.325 e. The summed E-state index contributed by atoms with van der Waals surface area (Å²) >= 11 is 0. The Labute approximate surface area is 158 Å². The van der Waals surface area contributed by atoms with Gasteiger partial charge in [0.25, 0.3) is 11.8 Å². The van der Waals surface area contributed by atoms with Crippen molar-refractivity contribution in [1.29, 1.82) is 0 Å². The number of ether oxygens (including phenoxy) is 3. The molecule has 1 N–H and O–H groups in total. The zero-order valence-corrected chi connectivity index (χ0v) is 15.9. The van der Waals surface area contributed by atoms with Crippen LogP contribution in [0.3, 0.4) is 0 Å². The van der Waals surface area contributed by atoms with Crippen molar-refractivity contribution >= 4 is 17.8 Å². The molecule has 0 bridgehead atoms. The third kappa shape index (κ3) is 6.16. The molecule has 1 aromatic rings. The van der Waals surface area contributed by atoms with E-state index < -0.39 is 11.9 Å². The molecule has 1 heterocycles. The summed E-state index contributed by atoms with van der Waals surface area (Å²) in [6, 6.07) is 4.70. The van der Waals surface area contributed by atoms with E-state index in [2.05, 4.69) is 12.2 Å². The summed E-state index contributed by atoms with van der Waals surface area (Å²) in [5.74, 6) is 0.186. The van der Waals surface area contributed by atoms with Gasteiger partial charge in [-0.25, -0.2) is 0 Å². The predicted molar refractivity (Wildman–Crippen MR) is 97.8 cm³/mol. The Morgan fingerprint density at radius 1 is 1.07 bits per heavy atom. The molecule has 0 radical (unpaired) electrons. The zero-order chi connectivity index (χ0) is 19.8. The van der Waals surface area contributed by atoms with Gasteiger partial charge in [0.05, 0.1) is 14.2 Å². The van der Waals surface area contributed by atoms with Crippen molar-refractivity contribution < 1.29 is 28.6 Å². The van der Waals surface area contributed by atoms with E-state index in [1.54, 1.807) is 11.0 Å². The minimum atomic E-state index is -0.670. The molecular formula is C19H26N2O6. The summed E-state index contributed by atoms with van der Waals surface area (Å²) in [6.45, 7) is 2.89. The van der Waals surface area contributed by atoms with Crippen LogP contribution < -0.4 is 14.8 Å². The fourth-order valence-electron chi connectivity index (χ4n) is 2.74. The van der Waals surface area contributed by atoms with Crippen LogP contribution >= 0.6 is 0 Å². The molecule has 8 nitrogen and oxygen atoms in total. The van der Waals surface area contributed by atoms with Crippen molar-refractivity contribution in [3.63, 3.8) is 0 Å². The van der Waals surface area contributed by atoms with Gasteiger partial charge in [0.1, 0.15) is 18.0 Å². The van der Waals surface area contributed by atoms with Crippen LogP contribution in [0, 0.1) is 5.92 Å². The van der Waals surface area contributed by atoms with Gasteiger partial charge in [-0.05, 0) is 30.9 Å². The van der Waals surface area contributed by atoms with Crippen LogP contribution in [-0.4, -0.2) is 63.1 Å². The molecule has 2 rings (SSSR count). The number of methoxy groups -OCH3 is 2. The van der Waals surface area contributed by atoms with Gasteiger partial charge in [-0.1, -0.05) is 6.92 Å². The van der Waals surface area contributed by atoms with Crippen molar-refractivity contribution in [1.82, 2.24) is 10.2 Å². The minimum Gasteiger partial charge on any atom is -0.497 e. The van der Waals surface area contributed by atoms with Crippen molar-refractivity contribution in [2.24, 2.45) is 5.92 Å². The molecule has 2 amide bonds. The van der Waals surface area contributed by atoms with E-state index in [0.29, 0.717) is 30.5 Å². The average Bonchev–Trinajstić information content (AvgIpc) is 2.70. The molecule has 0 saturated carbocycles. The number of piperidine rings is 1. The van der Waals surface area contributed by atoms with Gasteiger partial charge in [0, 0.05) is 24.7 Å². The highest BCUT2D eigenvalue weighted by Gasteiger charge is 2.21. The summed E-state index contributed by atoms with van der Waals surface area (Å²) in [6.07, 6.45) is 1.92. The Morgan fingerprint density at radius 2 is 1.67 bits per heavy atom. The van der Waals surface area contributed by atoms with Gasteiger partial charge in [0.2, 0.25) is 0 Å². The fraction of sp³-hybridized carbons (Fsp3) is 0.526. The number of amides is 2. The van der Waals surface area contributed by atoms with Crippen LogP contribution in [0.1, 0.15) is 30.1 Å². The van der Waals surface area contributed by atoms with Crippen LogP contribution in [-0.2, 0) is 14.3 Å². The molecule has 1 aliphatic heterocycles. The number of carbonyl (C=O) groups excluding carboxylic acids is 3. The number of hydrogen-bond donors (Lipinski definition) is 1. The van der Waals surface area contributed by atoms with E-state index in [0.717, 1.165) is 12.8 Å². The summed E-state index contributed by atoms with van der Waals surface area (Å²) in [4.78, 5) is 37.7. The molecule has 1 saturated heterocycles. The quantitative estimate of drug-likeness (QED) is 0.718. The fourth-order valence-corrected chi connectivity index (χ4v) is 2.74. The number of carbonyl (C=O) groups is 3. The van der Waals surface area contributed by atoms with Gasteiger partial charge >= 0.3 is 5.97 Å². The number of nitrogens with zero attached hydrogens (tertiary/aromatic N) is 1. The number of rotatable bonds is 7. The van der Waals surface area contributed by atoms with Gasteiger partial charge < -0.3 is 24.4 Å². The van der Waals surface area contributed by atoms with E-state index in [9.17, 15) is 14.4 Å². The Hall–Kier alpha value is -2.77. The predicted octanol–water partition coefficient (Wildman–Crippen LogP) is 1.24. The van der Waals surface area contributed by atoms with Crippen molar-refractivity contribution in [2.75, 3.05) is 40.5 Å². The first-order chi connectivity index (χ1) is 12.9. The number of nitrogens with one attached hydrogen (secondary N) is 1. The zero-order valence-electron chi connectivity index (χ0n) is 15.9. The van der Waals surface area contributed by atoms with Crippen LogP contribution in [0.25, 0.3) is 0 Å². The molecule has 0 atom stereocenters. The maximum atomic E-state index is 12.2. The average molecular weight is 378 g/mol. The smallest absolute Gasteiger partial charge is 0.325 e. The van der Waals surface area contributed by atoms with Crippen LogP contribution in [0.2, 0.25) is 0 Å². The minimum absolute atomic E-state index is 0.209. The Bertz CT molecular complexity index is 661. The van der Waals surface area contributed by atoms with Crippen molar-refractivity contribution in [3.8, 4) is 11.5 Å². The first-order valence-corrected chi connectivity index (χ1v) is 8.87. The lowest BCUT2D eigenvalue weighted by molar-refractivity contribution is -0.151. The number of benzene rings is 1. The second-order valence-corrected chi connectivity index (χ2v) is 6.51. The highest BCUT2D eigenvalue weighted by molar-refractivity contribution is 5.96. The maximum absolute atomic E-state index is 12.2. The molecule has 1 aliphatic rings. The monoisotopic (exact) mass is 378 g/mol. The molecule has 0 aromatic heterocycles. The molecule has 1 fully saturated rings. The number of likely N-dealkylation sites (tertiary alicyclic amines) is 1. The summed E-state index contributed by atoms with van der Waals surface area (Å²) in [5, 5.41) is 2.46. The van der Waals surface area contributed by atoms with Gasteiger partial charge in [-0.2, -0.15) is 0 Å². The summed E-state index contributed by atoms with van der Waals surface area (Å²) in [7, 11) is 2.96. The van der Waals surface area contributed by atoms with Gasteiger partial charge in [-0.3, -0.25) is 14.4 Å². The lowest BCUT2D eigenvalue weighted by Gasteiger charge is -2.30. The first-order valence-electron chi connectivity index (χ1n) is 8.87. The van der Waals surface area contributed by atoms with E-state index >= 15 is 0 Å². The summed E-state index contributed by atoms with van der Waals surface area (Å²) < 4.78 is 15.2. The van der Waals surface area contributed by atoms with Crippen LogP contribution in [0.5, 0.6) is 11.5 Å². The second kappa shape index (κ2) is 9.80. The van der Waals surface area contributed by atoms with Gasteiger partial charge in [-0.15, -0.1) is 0 Å². The SMILES string of the molecule is COc1cc(OC)cc(C(=O)NCC(=O)OCC(=O)N2CCC(C)CC2)c1. The van der Waals surface area contributed by atoms with Crippen molar-refractivity contribution in [2.45, 2.75) is 19.8 Å². The lowest BCUT2D eigenvalue weighted by atomic mass is 9.99. The highest BCUT2D eigenvalue weighted by Crippen LogP contribution is 2.22. The molecule has 8 heteroatoms. The Kier molecular flexibility index (Phi) is 7.45. The van der Waals surface area contributed by atoms with Crippen molar-refractivity contribution in [3.05, 3.63) is 23.8 Å². The third-order valence-electron chi connectivity index (χ3n) is 4.50. The number of esters is 1. The standard InChI is InChI=1S/C19H26N2O6/c1-13-4-6-21(7-5-13)17(22)12-27-18(23)11-20-19(24)14-8-15(25-2)10-16(9-14)26-3/h8-10,13H,4-7,11-12H2,1-3H3,(H,20,24). The van der Waals surface area contributed by atoms with Crippen LogP contribution in [0.4, 0.5) is 0 Å². The molecule has 0 spiro atoms. The molecule has 148 valence electrons. The molecule has 1 aromatic carbocycles. The summed E-state index contributed by atoms with van der Waals surface area (Å²) in [5.41, 5.74) is 0.289. The third-order valence-corrected chi connectivity index (χ3v) is 4.50. The normalized spacial score (nSPS) is 14.4. The second-order valence-electron chi connectivity index (χ2n) is 6.51. The van der Waals surface area contributed by atoms with E-state index in [1.165, 1.54) is 26.4 Å². The molecular weight excluding hydrogens is 352 g/mol. The van der Waals surface area contributed by atoms with Crippen LogP contribution in [0.15, 0.2) is 18.2 Å². The number of hydrogen-bond acceptors (Lipinski definition) is 6.